The maximum absolute atomic E-state index is 5.70. The van der Waals surface area contributed by atoms with Crippen LogP contribution in [0.15, 0.2) is 60.7 Å². The van der Waals surface area contributed by atoms with E-state index >= 15 is 0 Å². The molecule has 1 N–H and O–H groups in total. The Morgan fingerprint density at radius 2 is 1.44 bits per heavy atom. The lowest BCUT2D eigenvalue weighted by molar-refractivity contribution is -0.0413. The fourth-order valence-corrected chi connectivity index (χ4v) is 4.40. The molecule has 2 fully saturated rings. The zero-order valence-corrected chi connectivity index (χ0v) is 16.1. The third kappa shape index (κ3) is 4.70. The Hall–Kier alpha value is -1.88. The molecule has 2 saturated heterocycles. The molecule has 2 aliphatic rings. The highest BCUT2D eigenvalue weighted by Gasteiger charge is 2.39. The van der Waals surface area contributed by atoms with Crippen LogP contribution in [0.3, 0.4) is 0 Å². The highest BCUT2D eigenvalue weighted by Crippen LogP contribution is 2.30. The molecule has 144 valence electrons. The number of rotatable bonds is 6. The molecule has 4 heteroatoms. The Balaban J connectivity index is 1.36. The largest absolute Gasteiger partial charge is 0.383 e. The van der Waals surface area contributed by atoms with Crippen LogP contribution in [0.5, 0.6) is 0 Å². The predicted octanol–water partition coefficient (Wildman–Crippen LogP) is 3.47. The van der Waals surface area contributed by atoms with Crippen molar-refractivity contribution in [2.24, 2.45) is 0 Å². The van der Waals surface area contributed by atoms with Gasteiger partial charge in [0.05, 0.1) is 0 Å². The van der Waals surface area contributed by atoms with Crippen LogP contribution in [0.4, 0.5) is 5.69 Å². The Bertz CT molecular complexity index is 677. The van der Waals surface area contributed by atoms with E-state index in [0.717, 1.165) is 65.3 Å². The minimum atomic E-state index is 0.215. The summed E-state index contributed by atoms with van der Waals surface area (Å²) in [5.74, 6) is 0. The maximum atomic E-state index is 5.70. The lowest BCUT2D eigenvalue weighted by atomic mass is 9.87. The van der Waals surface area contributed by atoms with Crippen LogP contribution >= 0.6 is 0 Å². The second-order valence-electron chi connectivity index (χ2n) is 7.81. The van der Waals surface area contributed by atoms with E-state index in [1.807, 2.05) is 0 Å². The molecule has 0 bridgehead atoms. The summed E-state index contributed by atoms with van der Waals surface area (Å²) in [7, 11) is 0. The first-order valence-electron chi connectivity index (χ1n) is 10.2. The van der Waals surface area contributed by atoms with Crippen molar-refractivity contribution in [2.45, 2.75) is 24.9 Å². The molecule has 0 spiro atoms. The number of nitrogens with one attached hydrogen (secondary N) is 1. The molecule has 0 atom stereocenters. The molecule has 0 saturated carbocycles. The number of anilines is 1. The quantitative estimate of drug-likeness (QED) is 0.848. The Kier molecular flexibility index (Phi) is 6.07. The van der Waals surface area contributed by atoms with E-state index in [2.05, 4.69) is 75.8 Å². The summed E-state index contributed by atoms with van der Waals surface area (Å²) in [6.07, 6.45) is 2.23. The maximum Gasteiger partial charge on any atom is 0.0484 e. The van der Waals surface area contributed by atoms with E-state index in [9.17, 15) is 0 Å². The molecule has 2 aliphatic heterocycles. The monoisotopic (exact) mass is 365 g/mol. The molecule has 0 aliphatic carbocycles. The molecule has 0 amide bonds. The summed E-state index contributed by atoms with van der Waals surface area (Å²) in [5.41, 5.74) is 2.84. The highest BCUT2D eigenvalue weighted by molar-refractivity contribution is 5.43. The lowest BCUT2D eigenvalue weighted by Gasteiger charge is -2.50. The summed E-state index contributed by atoms with van der Waals surface area (Å²) >= 11 is 0. The van der Waals surface area contributed by atoms with Crippen molar-refractivity contribution in [3.05, 3.63) is 66.2 Å². The van der Waals surface area contributed by atoms with Gasteiger partial charge in [0.15, 0.2) is 0 Å². The zero-order valence-electron chi connectivity index (χ0n) is 16.1. The molecule has 2 aromatic rings. The molecular formula is C23H31N3O. The van der Waals surface area contributed by atoms with Crippen LogP contribution in [0.25, 0.3) is 0 Å². The van der Waals surface area contributed by atoms with Gasteiger partial charge in [0, 0.05) is 63.7 Å². The molecule has 2 aromatic carbocycles. The van der Waals surface area contributed by atoms with Gasteiger partial charge in [0.1, 0.15) is 0 Å². The van der Waals surface area contributed by atoms with E-state index in [4.69, 9.17) is 4.74 Å². The van der Waals surface area contributed by atoms with Crippen molar-refractivity contribution in [3.63, 3.8) is 0 Å². The van der Waals surface area contributed by atoms with Crippen LogP contribution in [-0.2, 0) is 11.3 Å². The van der Waals surface area contributed by atoms with Gasteiger partial charge in [-0.25, -0.2) is 0 Å². The minimum absolute atomic E-state index is 0.215. The van der Waals surface area contributed by atoms with Crippen LogP contribution < -0.4 is 5.32 Å². The topological polar surface area (TPSA) is 27.7 Å². The number of nitrogens with zero attached hydrogens (tertiary/aromatic N) is 2. The lowest BCUT2D eigenvalue weighted by Crippen LogP contribution is -2.61. The van der Waals surface area contributed by atoms with Crippen molar-refractivity contribution in [3.8, 4) is 0 Å². The summed E-state index contributed by atoms with van der Waals surface area (Å²) in [6, 6.07) is 21.4. The Labute approximate surface area is 163 Å². The van der Waals surface area contributed by atoms with Gasteiger partial charge in [0.25, 0.3) is 0 Å². The summed E-state index contributed by atoms with van der Waals surface area (Å²) < 4.78 is 5.70. The average Bonchev–Trinajstić information content (AvgIpc) is 2.75. The van der Waals surface area contributed by atoms with Crippen LogP contribution in [0.1, 0.15) is 18.4 Å². The molecule has 2 heterocycles. The van der Waals surface area contributed by atoms with Crippen LogP contribution in [0.2, 0.25) is 0 Å². The van der Waals surface area contributed by atoms with Crippen molar-refractivity contribution in [1.29, 1.82) is 0 Å². The normalized spacial score (nSPS) is 21.0. The molecule has 0 aromatic heterocycles. The molecule has 4 nitrogen and oxygen atoms in total. The minimum Gasteiger partial charge on any atom is -0.383 e. The summed E-state index contributed by atoms with van der Waals surface area (Å²) in [5, 5.41) is 3.69. The van der Waals surface area contributed by atoms with Gasteiger partial charge in [-0.15, -0.1) is 0 Å². The smallest absolute Gasteiger partial charge is 0.0484 e. The van der Waals surface area contributed by atoms with Gasteiger partial charge in [0.2, 0.25) is 0 Å². The molecule has 4 rings (SSSR count). The van der Waals surface area contributed by atoms with Crippen molar-refractivity contribution in [2.75, 3.05) is 51.3 Å². The third-order valence-corrected chi connectivity index (χ3v) is 6.11. The number of hydrogen-bond donors (Lipinski definition) is 1. The first kappa shape index (κ1) is 18.5. The first-order valence-corrected chi connectivity index (χ1v) is 10.2. The number of ether oxygens (including phenoxy) is 1. The SMILES string of the molecule is c1ccc(CN2CCN(C3(CNc4ccccc4)CCOCC3)CC2)cc1. The number of hydrogen-bond acceptors (Lipinski definition) is 4. The van der Waals surface area contributed by atoms with E-state index < -0.39 is 0 Å². The molecule has 0 radical (unpaired) electrons. The Morgan fingerprint density at radius 3 is 2.11 bits per heavy atom. The van der Waals surface area contributed by atoms with Crippen LogP contribution in [-0.4, -0.2) is 61.3 Å². The molecular weight excluding hydrogens is 334 g/mol. The standard InChI is InChI=1S/C23H31N3O/c1-3-7-21(8-4-1)19-25-13-15-26(16-14-25)23(11-17-27-18-12-23)20-24-22-9-5-2-6-10-22/h1-10,24H,11-20H2. The van der Waals surface area contributed by atoms with E-state index in [0.29, 0.717) is 0 Å². The second-order valence-corrected chi connectivity index (χ2v) is 7.81. The van der Waals surface area contributed by atoms with Gasteiger partial charge in [-0.2, -0.15) is 0 Å². The molecule has 0 unspecified atom stereocenters. The number of para-hydroxylation sites is 1. The van der Waals surface area contributed by atoms with Gasteiger partial charge >= 0.3 is 0 Å². The first-order chi connectivity index (χ1) is 13.3. The van der Waals surface area contributed by atoms with E-state index in [1.165, 1.54) is 11.3 Å². The number of benzene rings is 2. The van der Waals surface area contributed by atoms with Gasteiger partial charge in [-0.1, -0.05) is 48.5 Å². The Morgan fingerprint density at radius 1 is 0.815 bits per heavy atom. The van der Waals surface area contributed by atoms with E-state index in [-0.39, 0.29) is 5.54 Å². The van der Waals surface area contributed by atoms with Crippen LogP contribution in [0, 0.1) is 0 Å². The molecule has 27 heavy (non-hydrogen) atoms. The summed E-state index contributed by atoms with van der Waals surface area (Å²) in [4.78, 5) is 5.32. The van der Waals surface area contributed by atoms with Crippen molar-refractivity contribution >= 4 is 5.69 Å². The fraction of sp³-hybridized carbons (Fsp3) is 0.478. The van der Waals surface area contributed by atoms with Crippen molar-refractivity contribution in [1.82, 2.24) is 9.80 Å². The summed E-state index contributed by atoms with van der Waals surface area (Å²) in [6.45, 7) is 8.38. The van der Waals surface area contributed by atoms with Gasteiger partial charge in [-0.05, 0) is 30.5 Å². The van der Waals surface area contributed by atoms with Crippen molar-refractivity contribution < 1.29 is 4.74 Å². The van der Waals surface area contributed by atoms with Gasteiger partial charge in [-0.3, -0.25) is 9.80 Å². The zero-order chi connectivity index (χ0) is 18.4. The highest BCUT2D eigenvalue weighted by atomic mass is 16.5. The number of piperazine rings is 1. The van der Waals surface area contributed by atoms with E-state index in [1.54, 1.807) is 0 Å². The predicted molar refractivity (Wildman–Crippen MR) is 111 cm³/mol. The fourth-order valence-electron chi connectivity index (χ4n) is 4.40. The third-order valence-electron chi connectivity index (χ3n) is 6.11. The van der Waals surface area contributed by atoms with Gasteiger partial charge < -0.3 is 10.1 Å². The second kappa shape index (κ2) is 8.87. The average molecular weight is 366 g/mol.